The van der Waals surface area contributed by atoms with Crippen LogP contribution in [0.2, 0.25) is 0 Å². The summed E-state index contributed by atoms with van der Waals surface area (Å²) in [6.45, 7) is 4.50. The SMILES string of the molecule is CCOc1cccc([C@H]2CC(c3cccc(OC)c3)=N[C@@H](c3ccccc3C)N2)c1O. The zero-order valence-electron chi connectivity index (χ0n) is 18.1. The van der Waals surface area contributed by atoms with Gasteiger partial charge < -0.3 is 14.6 Å². The lowest BCUT2D eigenvalue weighted by atomic mass is 9.92. The van der Waals surface area contributed by atoms with Gasteiger partial charge in [-0.1, -0.05) is 48.5 Å². The van der Waals surface area contributed by atoms with Gasteiger partial charge in [-0.3, -0.25) is 10.3 Å². The minimum atomic E-state index is -0.226. The van der Waals surface area contributed by atoms with Crippen molar-refractivity contribution >= 4 is 5.71 Å². The number of phenols is 1. The summed E-state index contributed by atoms with van der Waals surface area (Å²) in [4.78, 5) is 5.06. The number of aryl methyl sites for hydroxylation is 1. The number of aromatic hydroxyl groups is 1. The number of phenolic OH excluding ortho intramolecular Hbond substituents is 1. The third kappa shape index (κ3) is 4.42. The molecular weight excluding hydrogens is 388 g/mol. The molecule has 1 aliphatic rings. The van der Waals surface area contributed by atoms with Gasteiger partial charge in [-0.05, 0) is 48.7 Å². The molecule has 31 heavy (non-hydrogen) atoms. The molecule has 3 aromatic carbocycles. The van der Waals surface area contributed by atoms with Gasteiger partial charge in [0, 0.05) is 23.7 Å². The van der Waals surface area contributed by atoms with Gasteiger partial charge in [0.25, 0.3) is 0 Å². The van der Waals surface area contributed by atoms with E-state index in [0.717, 1.165) is 28.2 Å². The zero-order chi connectivity index (χ0) is 21.8. The van der Waals surface area contributed by atoms with Gasteiger partial charge in [-0.25, -0.2) is 0 Å². The van der Waals surface area contributed by atoms with Crippen molar-refractivity contribution < 1.29 is 14.6 Å². The van der Waals surface area contributed by atoms with E-state index in [2.05, 4.69) is 30.4 Å². The predicted molar refractivity (Wildman–Crippen MR) is 123 cm³/mol. The molecule has 0 saturated heterocycles. The number of rotatable bonds is 6. The van der Waals surface area contributed by atoms with Gasteiger partial charge in [0.1, 0.15) is 11.9 Å². The molecule has 0 saturated carbocycles. The molecule has 0 unspecified atom stereocenters. The number of benzene rings is 3. The maximum Gasteiger partial charge on any atom is 0.162 e. The fourth-order valence-corrected chi connectivity index (χ4v) is 4.03. The molecule has 1 heterocycles. The highest BCUT2D eigenvalue weighted by Crippen LogP contribution is 2.39. The maximum atomic E-state index is 10.9. The number of hydrogen-bond acceptors (Lipinski definition) is 5. The lowest BCUT2D eigenvalue weighted by Crippen LogP contribution is -2.33. The predicted octanol–water partition coefficient (Wildman–Crippen LogP) is 5.33. The molecule has 0 aromatic heterocycles. The van der Waals surface area contributed by atoms with Crippen LogP contribution in [0.15, 0.2) is 71.7 Å². The second kappa shape index (κ2) is 9.23. The van der Waals surface area contributed by atoms with Crippen LogP contribution < -0.4 is 14.8 Å². The van der Waals surface area contributed by atoms with E-state index in [4.69, 9.17) is 14.5 Å². The lowest BCUT2D eigenvalue weighted by Gasteiger charge is -2.32. The Hall–Kier alpha value is -3.31. The topological polar surface area (TPSA) is 63.1 Å². The highest BCUT2D eigenvalue weighted by molar-refractivity contribution is 6.02. The normalized spacial score (nSPS) is 18.4. The first kappa shape index (κ1) is 20.9. The fraction of sp³-hybridized carbons (Fsp3) is 0.269. The molecule has 5 nitrogen and oxygen atoms in total. The Morgan fingerprint density at radius 3 is 2.58 bits per heavy atom. The van der Waals surface area contributed by atoms with Gasteiger partial charge in [-0.15, -0.1) is 0 Å². The van der Waals surface area contributed by atoms with Crippen LogP contribution in [-0.2, 0) is 0 Å². The summed E-state index contributed by atoms with van der Waals surface area (Å²) in [5, 5.41) is 14.5. The fourth-order valence-electron chi connectivity index (χ4n) is 4.03. The first-order valence-corrected chi connectivity index (χ1v) is 10.6. The summed E-state index contributed by atoms with van der Waals surface area (Å²) in [7, 11) is 1.67. The number of hydrogen-bond donors (Lipinski definition) is 2. The number of aliphatic imine (C=N–C) groups is 1. The molecule has 0 bridgehead atoms. The molecule has 2 atom stereocenters. The van der Waals surface area contributed by atoms with Crippen LogP contribution in [-0.4, -0.2) is 24.5 Å². The average molecular weight is 417 g/mol. The molecule has 3 aromatic rings. The third-order valence-corrected chi connectivity index (χ3v) is 5.63. The number of methoxy groups -OCH3 is 1. The van der Waals surface area contributed by atoms with Crippen LogP contribution >= 0.6 is 0 Å². The average Bonchev–Trinajstić information content (AvgIpc) is 2.80. The second-order valence-electron chi connectivity index (χ2n) is 7.62. The van der Waals surface area contributed by atoms with Crippen molar-refractivity contribution in [1.82, 2.24) is 5.32 Å². The minimum absolute atomic E-state index is 0.122. The van der Waals surface area contributed by atoms with Crippen molar-refractivity contribution in [3.63, 3.8) is 0 Å². The standard InChI is InChI=1S/C26H28N2O3/c1-4-31-24-14-8-13-21(25(24)29)23-16-22(18-10-7-11-19(15-18)30-3)27-26(28-23)20-12-6-5-9-17(20)2/h5-15,23,26,28-29H,4,16H2,1-3H3/t23-,26-/m1/s1. The highest BCUT2D eigenvalue weighted by Gasteiger charge is 2.29. The Morgan fingerprint density at radius 2 is 1.81 bits per heavy atom. The third-order valence-electron chi connectivity index (χ3n) is 5.63. The molecule has 4 rings (SSSR count). The van der Waals surface area contributed by atoms with Crippen molar-refractivity contribution in [2.75, 3.05) is 13.7 Å². The summed E-state index contributed by atoms with van der Waals surface area (Å²) in [5.74, 6) is 1.47. The Bertz CT molecular complexity index is 1090. The van der Waals surface area contributed by atoms with Crippen molar-refractivity contribution in [2.45, 2.75) is 32.5 Å². The second-order valence-corrected chi connectivity index (χ2v) is 7.62. The summed E-state index contributed by atoms with van der Waals surface area (Å²) in [5.41, 5.74) is 5.08. The first-order valence-electron chi connectivity index (χ1n) is 10.6. The molecule has 0 amide bonds. The van der Waals surface area contributed by atoms with Crippen molar-refractivity contribution in [2.24, 2.45) is 4.99 Å². The van der Waals surface area contributed by atoms with E-state index in [0.29, 0.717) is 18.8 Å². The monoisotopic (exact) mass is 416 g/mol. The quantitative estimate of drug-likeness (QED) is 0.570. The van der Waals surface area contributed by atoms with Gasteiger partial charge in [0.2, 0.25) is 0 Å². The van der Waals surface area contributed by atoms with Crippen LogP contribution in [0, 0.1) is 6.92 Å². The molecule has 0 radical (unpaired) electrons. The van der Waals surface area contributed by atoms with Crippen LogP contribution in [0.25, 0.3) is 0 Å². The van der Waals surface area contributed by atoms with E-state index in [-0.39, 0.29) is 18.0 Å². The molecule has 0 fully saturated rings. The van der Waals surface area contributed by atoms with E-state index in [1.165, 1.54) is 5.56 Å². The molecular formula is C26H28N2O3. The summed E-state index contributed by atoms with van der Waals surface area (Å²) in [6.07, 6.45) is 0.412. The summed E-state index contributed by atoms with van der Waals surface area (Å²) in [6, 6.07) is 21.7. The Balaban J connectivity index is 1.78. The van der Waals surface area contributed by atoms with E-state index in [1.807, 2.05) is 49.4 Å². The van der Waals surface area contributed by atoms with Crippen molar-refractivity contribution in [1.29, 1.82) is 0 Å². The van der Waals surface area contributed by atoms with Crippen LogP contribution in [0.5, 0.6) is 17.2 Å². The van der Waals surface area contributed by atoms with Gasteiger partial charge in [0.05, 0.1) is 13.7 Å². The zero-order valence-corrected chi connectivity index (χ0v) is 18.1. The van der Waals surface area contributed by atoms with E-state index in [1.54, 1.807) is 13.2 Å². The summed E-state index contributed by atoms with van der Waals surface area (Å²) >= 11 is 0. The highest BCUT2D eigenvalue weighted by atomic mass is 16.5. The number of nitrogens with zero attached hydrogens (tertiary/aromatic N) is 1. The van der Waals surface area contributed by atoms with Gasteiger partial charge >= 0.3 is 0 Å². The van der Waals surface area contributed by atoms with Crippen molar-refractivity contribution in [3.05, 3.63) is 89.0 Å². The molecule has 1 aliphatic heterocycles. The maximum absolute atomic E-state index is 10.9. The van der Waals surface area contributed by atoms with Crippen LogP contribution in [0.4, 0.5) is 0 Å². The van der Waals surface area contributed by atoms with E-state index in [9.17, 15) is 5.11 Å². The molecule has 0 spiro atoms. The largest absolute Gasteiger partial charge is 0.504 e. The molecule has 2 N–H and O–H groups in total. The van der Waals surface area contributed by atoms with Crippen LogP contribution in [0.3, 0.4) is 0 Å². The van der Waals surface area contributed by atoms with E-state index < -0.39 is 0 Å². The lowest BCUT2D eigenvalue weighted by molar-refractivity contribution is 0.313. The number of ether oxygens (including phenoxy) is 2. The van der Waals surface area contributed by atoms with E-state index >= 15 is 0 Å². The molecule has 160 valence electrons. The van der Waals surface area contributed by atoms with Crippen molar-refractivity contribution in [3.8, 4) is 17.2 Å². The minimum Gasteiger partial charge on any atom is -0.504 e. The Morgan fingerprint density at radius 1 is 1.03 bits per heavy atom. The molecule has 5 heteroatoms. The number of para-hydroxylation sites is 1. The van der Waals surface area contributed by atoms with Gasteiger partial charge in [-0.2, -0.15) is 0 Å². The Labute approximate surface area is 183 Å². The Kier molecular flexibility index (Phi) is 6.23. The smallest absolute Gasteiger partial charge is 0.162 e. The molecule has 0 aliphatic carbocycles. The van der Waals surface area contributed by atoms with Crippen LogP contribution in [0.1, 0.15) is 47.8 Å². The summed E-state index contributed by atoms with van der Waals surface area (Å²) < 4.78 is 11.0. The van der Waals surface area contributed by atoms with Gasteiger partial charge in [0.15, 0.2) is 11.5 Å². The number of nitrogens with one attached hydrogen (secondary N) is 1. The first-order chi connectivity index (χ1) is 15.1.